The van der Waals surface area contributed by atoms with E-state index >= 15 is 0 Å². The molecule has 0 radical (unpaired) electrons. The van der Waals surface area contributed by atoms with Gasteiger partial charge in [0.15, 0.2) is 5.96 Å². The first-order valence-electron chi connectivity index (χ1n) is 11.4. The van der Waals surface area contributed by atoms with Gasteiger partial charge in [0, 0.05) is 46.3 Å². The summed E-state index contributed by atoms with van der Waals surface area (Å²) < 4.78 is 0. The molecule has 0 aromatic heterocycles. The molecule has 2 bridgehead atoms. The third kappa shape index (κ3) is 3.76. The first-order valence-corrected chi connectivity index (χ1v) is 11.4. The van der Waals surface area contributed by atoms with Crippen molar-refractivity contribution in [3.63, 3.8) is 0 Å². The monoisotopic (exact) mass is 421 g/mol. The van der Waals surface area contributed by atoms with Crippen molar-refractivity contribution in [1.29, 1.82) is 0 Å². The zero-order valence-corrected chi connectivity index (χ0v) is 18.1. The quantitative estimate of drug-likeness (QED) is 0.310. The van der Waals surface area contributed by atoms with E-state index in [2.05, 4.69) is 56.9 Å². The minimum atomic E-state index is -0.116. The van der Waals surface area contributed by atoms with Crippen molar-refractivity contribution < 1.29 is 9.59 Å². The minimum Gasteiger partial charge on any atom is -0.355 e. The van der Waals surface area contributed by atoms with Gasteiger partial charge in [-0.25, -0.2) is 0 Å². The van der Waals surface area contributed by atoms with Gasteiger partial charge in [-0.1, -0.05) is 36.4 Å². The number of hydrogen-bond donors (Lipinski definition) is 2. The Labute approximate surface area is 183 Å². The fourth-order valence-electron chi connectivity index (χ4n) is 5.77. The molecule has 2 N–H and O–H groups in total. The summed E-state index contributed by atoms with van der Waals surface area (Å²) in [6, 6.07) is 8.66. The summed E-state index contributed by atoms with van der Waals surface area (Å²) >= 11 is 0. The number of fused-ring (bicyclic) bond motifs is 6. The molecule has 7 nitrogen and oxygen atoms in total. The summed E-state index contributed by atoms with van der Waals surface area (Å²) in [6.07, 6.45) is 6.33. The molecule has 4 atom stereocenters. The van der Waals surface area contributed by atoms with Gasteiger partial charge in [0.05, 0.1) is 11.8 Å². The van der Waals surface area contributed by atoms with Crippen molar-refractivity contribution in [1.82, 2.24) is 20.4 Å². The molecule has 1 saturated carbocycles. The molecule has 31 heavy (non-hydrogen) atoms. The highest BCUT2D eigenvalue weighted by molar-refractivity contribution is 6.06. The number of nitrogens with zero attached hydrogens (tertiary/aromatic N) is 3. The molecule has 0 spiro atoms. The maximum absolute atomic E-state index is 12.8. The average molecular weight is 422 g/mol. The van der Waals surface area contributed by atoms with Gasteiger partial charge in [-0.2, -0.15) is 0 Å². The van der Waals surface area contributed by atoms with Gasteiger partial charge in [-0.3, -0.25) is 24.4 Å². The number of likely N-dealkylation sites (tertiary alicyclic amines) is 1. The molecule has 2 amide bonds. The van der Waals surface area contributed by atoms with Crippen molar-refractivity contribution in [2.45, 2.75) is 19.4 Å². The van der Waals surface area contributed by atoms with E-state index < -0.39 is 0 Å². The number of hydrogen-bond acceptors (Lipinski definition) is 4. The summed E-state index contributed by atoms with van der Waals surface area (Å²) in [5, 5.41) is 6.60. The summed E-state index contributed by atoms with van der Waals surface area (Å²) in [4.78, 5) is 33.7. The van der Waals surface area contributed by atoms with Crippen LogP contribution in [0.1, 0.15) is 17.5 Å². The molecule has 2 heterocycles. The van der Waals surface area contributed by atoms with Crippen molar-refractivity contribution in [3.05, 3.63) is 47.5 Å². The highest BCUT2D eigenvalue weighted by Crippen LogP contribution is 2.52. The number of amides is 2. The van der Waals surface area contributed by atoms with E-state index in [1.807, 2.05) is 0 Å². The molecular weight excluding hydrogens is 390 g/mol. The van der Waals surface area contributed by atoms with Crippen LogP contribution in [0.2, 0.25) is 0 Å². The zero-order chi connectivity index (χ0) is 21.4. The predicted octanol–water partition coefficient (Wildman–Crippen LogP) is 1.02. The van der Waals surface area contributed by atoms with Crippen LogP contribution in [-0.4, -0.2) is 67.3 Å². The van der Waals surface area contributed by atoms with Crippen molar-refractivity contribution >= 4 is 17.8 Å². The molecule has 164 valence electrons. The maximum Gasteiger partial charge on any atom is 0.233 e. The van der Waals surface area contributed by atoms with E-state index in [1.165, 1.54) is 16.0 Å². The number of allylic oxidation sites excluding steroid dienone is 2. The van der Waals surface area contributed by atoms with E-state index in [4.69, 9.17) is 0 Å². The second kappa shape index (κ2) is 8.46. The van der Waals surface area contributed by atoms with E-state index in [-0.39, 0.29) is 35.5 Å². The zero-order valence-electron chi connectivity index (χ0n) is 18.1. The fourth-order valence-corrected chi connectivity index (χ4v) is 5.77. The van der Waals surface area contributed by atoms with Crippen LogP contribution in [0.4, 0.5) is 0 Å². The van der Waals surface area contributed by atoms with Gasteiger partial charge < -0.3 is 10.6 Å². The highest BCUT2D eigenvalue weighted by Gasteiger charge is 2.58. The summed E-state index contributed by atoms with van der Waals surface area (Å²) in [7, 11) is 1.74. The Balaban J connectivity index is 1.05. The minimum absolute atomic E-state index is 0.0157. The first kappa shape index (κ1) is 20.2. The highest BCUT2D eigenvalue weighted by atomic mass is 16.2. The molecule has 1 saturated heterocycles. The Morgan fingerprint density at radius 1 is 1.00 bits per heavy atom. The Morgan fingerprint density at radius 2 is 1.65 bits per heavy atom. The number of imide groups is 1. The van der Waals surface area contributed by atoms with Crippen LogP contribution in [-0.2, 0) is 22.6 Å². The van der Waals surface area contributed by atoms with E-state index in [1.54, 1.807) is 7.05 Å². The second-order valence-corrected chi connectivity index (χ2v) is 9.05. The van der Waals surface area contributed by atoms with Crippen LogP contribution in [0.3, 0.4) is 0 Å². The molecule has 5 rings (SSSR count). The topological polar surface area (TPSA) is 77.0 Å². The van der Waals surface area contributed by atoms with Gasteiger partial charge in [0.2, 0.25) is 11.8 Å². The van der Waals surface area contributed by atoms with Crippen LogP contribution in [0.25, 0.3) is 0 Å². The van der Waals surface area contributed by atoms with Gasteiger partial charge >= 0.3 is 0 Å². The predicted molar refractivity (Wildman–Crippen MR) is 119 cm³/mol. The average Bonchev–Trinajstić information content (AvgIpc) is 3.47. The standard InChI is InChI=1S/C24H31N5O2/c1-25-24(26-9-12-28-11-8-16-4-2-3-5-19(16)15-28)27-10-13-29-22(30)20-17-6-7-18(14-17)21(20)23(29)31/h2-7,17-18,20-21H,8-15H2,1H3,(H2,25,26,27). The molecule has 1 aromatic carbocycles. The van der Waals surface area contributed by atoms with E-state index in [0.29, 0.717) is 19.0 Å². The smallest absolute Gasteiger partial charge is 0.233 e. The Bertz CT molecular complexity index is 896. The lowest BCUT2D eigenvalue weighted by atomic mass is 9.85. The SMILES string of the molecule is CN=C(NCCN1CCc2ccccc2C1)NCCN1C(=O)C2C3C=CC(C3)C2C1=O. The number of carbonyl (C=O) groups excluding carboxylic acids is 2. The van der Waals surface area contributed by atoms with Crippen LogP contribution in [0.5, 0.6) is 0 Å². The summed E-state index contributed by atoms with van der Waals surface area (Å²) in [5.41, 5.74) is 2.88. The largest absolute Gasteiger partial charge is 0.355 e. The lowest BCUT2D eigenvalue weighted by Crippen LogP contribution is -2.45. The maximum atomic E-state index is 12.8. The molecule has 2 aliphatic heterocycles. The summed E-state index contributed by atoms with van der Waals surface area (Å²) in [5.74, 6) is 1.03. The summed E-state index contributed by atoms with van der Waals surface area (Å²) in [6.45, 7) is 4.70. The van der Waals surface area contributed by atoms with Crippen LogP contribution >= 0.6 is 0 Å². The normalized spacial score (nSPS) is 29.5. The Kier molecular flexibility index (Phi) is 5.52. The van der Waals surface area contributed by atoms with Crippen molar-refractivity contribution in [2.24, 2.45) is 28.7 Å². The lowest BCUT2D eigenvalue weighted by molar-refractivity contribution is -0.140. The number of carbonyl (C=O) groups is 2. The van der Waals surface area contributed by atoms with Gasteiger partial charge in [-0.15, -0.1) is 0 Å². The molecule has 1 aromatic rings. The fraction of sp³-hybridized carbons (Fsp3) is 0.542. The third-order valence-corrected chi connectivity index (χ3v) is 7.34. The molecule has 4 aliphatic rings. The Hall–Kier alpha value is -2.67. The van der Waals surface area contributed by atoms with Crippen molar-refractivity contribution in [2.75, 3.05) is 39.8 Å². The third-order valence-electron chi connectivity index (χ3n) is 7.34. The van der Waals surface area contributed by atoms with Gasteiger partial charge in [0.1, 0.15) is 0 Å². The molecule has 2 fully saturated rings. The van der Waals surface area contributed by atoms with E-state index in [0.717, 1.165) is 39.0 Å². The van der Waals surface area contributed by atoms with Crippen molar-refractivity contribution in [3.8, 4) is 0 Å². The molecule has 7 heteroatoms. The van der Waals surface area contributed by atoms with Crippen LogP contribution in [0, 0.1) is 23.7 Å². The first-order chi connectivity index (χ1) is 15.2. The molecule has 4 unspecified atom stereocenters. The number of guanidine groups is 1. The lowest BCUT2D eigenvalue weighted by Gasteiger charge is -2.29. The van der Waals surface area contributed by atoms with Crippen LogP contribution < -0.4 is 10.6 Å². The number of aliphatic imine (C=N–C) groups is 1. The second-order valence-electron chi connectivity index (χ2n) is 9.05. The van der Waals surface area contributed by atoms with Crippen LogP contribution in [0.15, 0.2) is 41.4 Å². The number of benzene rings is 1. The molecular formula is C24H31N5O2. The molecule has 2 aliphatic carbocycles. The van der Waals surface area contributed by atoms with E-state index in [9.17, 15) is 9.59 Å². The Morgan fingerprint density at radius 3 is 2.32 bits per heavy atom. The van der Waals surface area contributed by atoms with Gasteiger partial charge in [-0.05, 0) is 35.8 Å². The van der Waals surface area contributed by atoms with Gasteiger partial charge in [0.25, 0.3) is 0 Å². The number of rotatable bonds is 6. The number of nitrogens with one attached hydrogen (secondary N) is 2.